The quantitative estimate of drug-likeness (QED) is 0.617. The normalized spacial score (nSPS) is 10.6. The molecule has 0 fully saturated rings. The number of carbonyl (C=O) groups is 1. The summed E-state index contributed by atoms with van der Waals surface area (Å²) in [6.07, 6.45) is 0.531. The van der Waals surface area contributed by atoms with Crippen LogP contribution < -0.4 is 4.74 Å². The zero-order chi connectivity index (χ0) is 16.7. The number of ether oxygens (including phenoxy) is 1. The largest absolute Gasteiger partial charge is 0.497 e. The molecule has 0 N–H and O–H groups in total. The van der Waals surface area contributed by atoms with Crippen LogP contribution in [-0.4, -0.2) is 30.2 Å². The fourth-order valence-electron chi connectivity index (χ4n) is 2.09. The number of methoxy groups -OCH3 is 1. The van der Waals surface area contributed by atoms with Crippen molar-refractivity contribution >= 4 is 40.6 Å². The molecule has 2 aromatic rings. The Morgan fingerprint density at radius 2 is 2.00 bits per heavy atom. The Morgan fingerprint density at radius 1 is 1.26 bits per heavy atom. The van der Waals surface area contributed by atoms with Crippen molar-refractivity contribution in [1.29, 1.82) is 0 Å². The van der Waals surface area contributed by atoms with Gasteiger partial charge in [0.1, 0.15) is 5.75 Å². The lowest BCUT2D eigenvalue weighted by atomic mass is 10.3. The molecule has 23 heavy (non-hydrogen) atoms. The van der Waals surface area contributed by atoms with Crippen molar-refractivity contribution in [2.45, 2.75) is 24.8 Å². The maximum absolute atomic E-state index is 12.3. The molecule has 0 bridgehead atoms. The van der Waals surface area contributed by atoms with Gasteiger partial charge in [0.25, 0.3) is 0 Å². The molecule has 1 amide bonds. The van der Waals surface area contributed by atoms with Crippen LogP contribution in [-0.2, 0) is 11.3 Å². The van der Waals surface area contributed by atoms with Gasteiger partial charge in [-0.1, -0.05) is 11.6 Å². The Bertz CT molecular complexity index is 628. The maximum Gasteiger partial charge on any atom is 0.223 e. The summed E-state index contributed by atoms with van der Waals surface area (Å²) in [5.74, 6) is 1.79. The molecule has 2 rings (SSSR count). The molecule has 0 atom stereocenters. The average Bonchev–Trinajstić information content (AvgIpc) is 2.98. The molecule has 0 saturated heterocycles. The van der Waals surface area contributed by atoms with Gasteiger partial charge in [-0.3, -0.25) is 4.79 Å². The van der Waals surface area contributed by atoms with E-state index < -0.39 is 0 Å². The molecule has 1 aromatic carbocycles. The summed E-state index contributed by atoms with van der Waals surface area (Å²) in [6, 6.07) is 11.7. The predicted octanol–water partition coefficient (Wildman–Crippen LogP) is 4.94. The van der Waals surface area contributed by atoms with Crippen LogP contribution >= 0.6 is 34.7 Å². The predicted molar refractivity (Wildman–Crippen MR) is 98.8 cm³/mol. The molecule has 0 unspecified atom stereocenters. The van der Waals surface area contributed by atoms with Crippen molar-refractivity contribution in [3.63, 3.8) is 0 Å². The molecule has 0 aliphatic heterocycles. The highest BCUT2D eigenvalue weighted by atomic mass is 35.5. The van der Waals surface area contributed by atoms with Crippen molar-refractivity contribution in [3.05, 3.63) is 45.6 Å². The first-order chi connectivity index (χ1) is 11.1. The van der Waals surface area contributed by atoms with Gasteiger partial charge in [0.2, 0.25) is 5.91 Å². The van der Waals surface area contributed by atoms with E-state index in [0.29, 0.717) is 19.5 Å². The summed E-state index contributed by atoms with van der Waals surface area (Å²) in [4.78, 5) is 16.5. The zero-order valence-electron chi connectivity index (χ0n) is 13.3. The van der Waals surface area contributed by atoms with Crippen LogP contribution in [0.2, 0.25) is 4.34 Å². The summed E-state index contributed by atoms with van der Waals surface area (Å²) in [6.45, 7) is 3.35. The third-order valence-electron chi connectivity index (χ3n) is 3.35. The fraction of sp³-hybridized carbons (Fsp3) is 0.353. The third kappa shape index (κ3) is 5.75. The number of hydrogen-bond acceptors (Lipinski definition) is 4. The number of amides is 1. The lowest BCUT2D eigenvalue weighted by Gasteiger charge is -2.20. The molecule has 0 saturated carbocycles. The minimum absolute atomic E-state index is 0.179. The Morgan fingerprint density at radius 3 is 2.57 bits per heavy atom. The second kappa shape index (κ2) is 9.21. The van der Waals surface area contributed by atoms with Crippen LogP contribution in [0.1, 0.15) is 18.2 Å². The second-order valence-electron chi connectivity index (χ2n) is 4.89. The molecule has 0 aliphatic carbocycles. The summed E-state index contributed by atoms with van der Waals surface area (Å²) in [5.41, 5.74) is 0. The van der Waals surface area contributed by atoms with E-state index in [0.717, 1.165) is 25.6 Å². The van der Waals surface area contributed by atoms with Gasteiger partial charge in [0, 0.05) is 28.5 Å². The molecule has 1 aromatic heterocycles. The zero-order valence-corrected chi connectivity index (χ0v) is 15.6. The summed E-state index contributed by atoms with van der Waals surface area (Å²) < 4.78 is 5.90. The number of halogens is 1. The molecule has 0 aliphatic rings. The van der Waals surface area contributed by atoms with Gasteiger partial charge in [-0.15, -0.1) is 23.1 Å². The number of nitrogens with zero attached hydrogens (tertiary/aromatic N) is 1. The van der Waals surface area contributed by atoms with Crippen molar-refractivity contribution in [3.8, 4) is 5.75 Å². The van der Waals surface area contributed by atoms with Crippen LogP contribution in [0.4, 0.5) is 0 Å². The van der Waals surface area contributed by atoms with Gasteiger partial charge >= 0.3 is 0 Å². The third-order valence-corrected chi connectivity index (χ3v) is 5.58. The van der Waals surface area contributed by atoms with E-state index in [9.17, 15) is 4.79 Å². The topological polar surface area (TPSA) is 29.5 Å². The highest BCUT2D eigenvalue weighted by molar-refractivity contribution is 7.99. The van der Waals surface area contributed by atoms with E-state index in [4.69, 9.17) is 16.3 Å². The minimum atomic E-state index is 0.179. The monoisotopic (exact) mass is 369 g/mol. The Kier molecular flexibility index (Phi) is 7.27. The maximum atomic E-state index is 12.3. The van der Waals surface area contributed by atoms with Crippen molar-refractivity contribution in [2.75, 3.05) is 19.4 Å². The van der Waals surface area contributed by atoms with E-state index >= 15 is 0 Å². The molecule has 0 radical (unpaired) electrons. The lowest BCUT2D eigenvalue weighted by molar-refractivity contribution is -0.131. The van der Waals surface area contributed by atoms with Crippen LogP contribution in [0.15, 0.2) is 41.3 Å². The van der Waals surface area contributed by atoms with E-state index in [-0.39, 0.29) is 5.91 Å². The average molecular weight is 370 g/mol. The number of thioether (sulfide) groups is 1. The molecular weight excluding hydrogens is 350 g/mol. The van der Waals surface area contributed by atoms with Crippen LogP contribution in [0.25, 0.3) is 0 Å². The highest BCUT2D eigenvalue weighted by Gasteiger charge is 2.13. The summed E-state index contributed by atoms with van der Waals surface area (Å²) >= 11 is 9.15. The number of hydrogen-bond donors (Lipinski definition) is 0. The van der Waals surface area contributed by atoms with Crippen molar-refractivity contribution in [1.82, 2.24) is 4.90 Å². The first-order valence-electron chi connectivity index (χ1n) is 7.41. The molecule has 0 spiro atoms. The van der Waals surface area contributed by atoms with E-state index in [1.54, 1.807) is 18.9 Å². The number of carbonyl (C=O) groups excluding carboxylic acids is 1. The molecule has 6 heteroatoms. The lowest BCUT2D eigenvalue weighted by Crippen LogP contribution is -2.30. The van der Waals surface area contributed by atoms with Gasteiger partial charge < -0.3 is 9.64 Å². The number of benzene rings is 1. The first kappa shape index (κ1) is 18.2. The van der Waals surface area contributed by atoms with Crippen LogP contribution in [0, 0.1) is 0 Å². The second-order valence-corrected chi connectivity index (χ2v) is 7.86. The van der Waals surface area contributed by atoms with Gasteiger partial charge in [0.15, 0.2) is 0 Å². The molecular formula is C17H20ClNO2S2. The van der Waals surface area contributed by atoms with E-state index in [1.165, 1.54) is 11.3 Å². The van der Waals surface area contributed by atoms with Crippen molar-refractivity contribution in [2.24, 2.45) is 0 Å². The van der Waals surface area contributed by atoms with Gasteiger partial charge in [0.05, 0.1) is 18.0 Å². The van der Waals surface area contributed by atoms with E-state index in [1.807, 2.05) is 48.2 Å². The van der Waals surface area contributed by atoms with Crippen LogP contribution in [0.5, 0.6) is 5.75 Å². The standard InChI is InChI=1S/C17H20ClNO2S2/c1-3-19(12-15-8-9-16(18)23-15)17(20)10-11-22-14-6-4-13(21-2)5-7-14/h4-9H,3,10-12H2,1-2H3. The van der Waals surface area contributed by atoms with Gasteiger partial charge in [-0.25, -0.2) is 0 Å². The smallest absolute Gasteiger partial charge is 0.223 e. The Labute approximate surface area is 150 Å². The number of thiophene rings is 1. The molecule has 124 valence electrons. The van der Waals surface area contributed by atoms with Crippen LogP contribution in [0.3, 0.4) is 0 Å². The van der Waals surface area contributed by atoms with Gasteiger partial charge in [-0.2, -0.15) is 0 Å². The van der Waals surface area contributed by atoms with E-state index in [2.05, 4.69) is 0 Å². The Hall–Kier alpha value is -1.17. The number of rotatable bonds is 8. The van der Waals surface area contributed by atoms with Gasteiger partial charge in [-0.05, 0) is 43.3 Å². The summed E-state index contributed by atoms with van der Waals surface area (Å²) in [5, 5.41) is 0. The first-order valence-corrected chi connectivity index (χ1v) is 9.59. The molecule has 3 nitrogen and oxygen atoms in total. The highest BCUT2D eigenvalue weighted by Crippen LogP contribution is 2.24. The minimum Gasteiger partial charge on any atom is -0.497 e. The molecule has 1 heterocycles. The Balaban J connectivity index is 1.79. The van der Waals surface area contributed by atoms with Crippen molar-refractivity contribution < 1.29 is 9.53 Å². The fourth-order valence-corrected chi connectivity index (χ4v) is 4.03. The SMILES string of the molecule is CCN(Cc1ccc(Cl)s1)C(=O)CCSc1ccc(OC)cc1. The summed E-state index contributed by atoms with van der Waals surface area (Å²) in [7, 11) is 1.65.